The summed E-state index contributed by atoms with van der Waals surface area (Å²) in [5.41, 5.74) is 0.583. The van der Waals surface area contributed by atoms with Gasteiger partial charge in [-0.25, -0.2) is 4.68 Å². The number of aromatic amines is 1. The maximum atomic E-state index is 11.4. The number of nitrogens with one attached hydrogen (secondary N) is 1. The molecule has 2 aromatic rings. The monoisotopic (exact) mass is 220 g/mol. The highest BCUT2D eigenvalue weighted by Crippen LogP contribution is 2.28. The molecule has 1 N–H and O–H groups in total. The van der Waals surface area contributed by atoms with Gasteiger partial charge in [0.05, 0.1) is 19.9 Å². The van der Waals surface area contributed by atoms with E-state index < -0.39 is 0 Å². The molecule has 0 aliphatic heterocycles. The number of methoxy groups -OCH3 is 2. The van der Waals surface area contributed by atoms with Crippen LogP contribution in [0.4, 0.5) is 0 Å². The molecule has 0 saturated heterocycles. The molecule has 0 saturated carbocycles. The standard InChI is InChI=1S/C11H12N2O3/c1-15-9-4-3-8(7-10(9)16-2)13-11(14)5-6-12-13/h3-7,12H,1-2H3. The molecule has 0 bridgehead atoms. The van der Waals surface area contributed by atoms with Crippen LogP contribution in [0.3, 0.4) is 0 Å². The molecule has 5 heteroatoms. The predicted octanol–water partition coefficient (Wildman–Crippen LogP) is 1.18. The molecule has 1 aromatic heterocycles. The summed E-state index contributed by atoms with van der Waals surface area (Å²) in [5.74, 6) is 1.22. The Morgan fingerprint density at radius 1 is 1.12 bits per heavy atom. The first-order valence-electron chi connectivity index (χ1n) is 4.75. The van der Waals surface area contributed by atoms with Crippen molar-refractivity contribution in [3.05, 3.63) is 40.8 Å². The Kier molecular flexibility index (Phi) is 2.68. The van der Waals surface area contributed by atoms with Gasteiger partial charge in [-0.15, -0.1) is 0 Å². The Morgan fingerprint density at radius 2 is 1.88 bits per heavy atom. The third kappa shape index (κ3) is 1.67. The van der Waals surface area contributed by atoms with E-state index in [0.717, 1.165) is 0 Å². The molecule has 2 rings (SSSR count). The zero-order valence-electron chi connectivity index (χ0n) is 9.06. The quantitative estimate of drug-likeness (QED) is 0.845. The Balaban J connectivity index is 2.52. The van der Waals surface area contributed by atoms with Crippen LogP contribution < -0.4 is 15.0 Å². The van der Waals surface area contributed by atoms with Crippen molar-refractivity contribution in [1.82, 2.24) is 9.78 Å². The van der Waals surface area contributed by atoms with Crippen LogP contribution >= 0.6 is 0 Å². The number of nitrogens with zero attached hydrogens (tertiary/aromatic N) is 1. The van der Waals surface area contributed by atoms with E-state index in [1.807, 2.05) is 0 Å². The topological polar surface area (TPSA) is 56.2 Å². The number of ether oxygens (including phenoxy) is 2. The summed E-state index contributed by atoms with van der Waals surface area (Å²) in [6.45, 7) is 0. The van der Waals surface area contributed by atoms with Crippen LogP contribution in [0, 0.1) is 0 Å². The second kappa shape index (κ2) is 4.14. The van der Waals surface area contributed by atoms with Crippen molar-refractivity contribution in [3.63, 3.8) is 0 Å². The van der Waals surface area contributed by atoms with Crippen molar-refractivity contribution in [3.8, 4) is 17.2 Å². The molecular weight excluding hydrogens is 208 g/mol. The van der Waals surface area contributed by atoms with Gasteiger partial charge in [0.25, 0.3) is 5.56 Å². The van der Waals surface area contributed by atoms with E-state index in [2.05, 4.69) is 5.10 Å². The third-order valence-electron chi connectivity index (χ3n) is 2.28. The molecule has 84 valence electrons. The summed E-state index contributed by atoms with van der Waals surface area (Å²) in [7, 11) is 3.12. The van der Waals surface area contributed by atoms with Crippen molar-refractivity contribution >= 4 is 0 Å². The first-order valence-corrected chi connectivity index (χ1v) is 4.75. The van der Waals surface area contributed by atoms with Gasteiger partial charge in [0, 0.05) is 18.3 Å². The first-order chi connectivity index (χ1) is 7.76. The Labute approximate surface area is 92.2 Å². The Hall–Kier alpha value is -2.17. The summed E-state index contributed by atoms with van der Waals surface area (Å²) in [5, 5.41) is 2.82. The lowest BCUT2D eigenvalue weighted by Gasteiger charge is -2.09. The van der Waals surface area contributed by atoms with Crippen LogP contribution in [0.1, 0.15) is 0 Å². The molecule has 0 aliphatic rings. The predicted molar refractivity (Wildman–Crippen MR) is 59.5 cm³/mol. The van der Waals surface area contributed by atoms with Crippen molar-refractivity contribution < 1.29 is 9.47 Å². The van der Waals surface area contributed by atoms with Gasteiger partial charge in [-0.1, -0.05) is 0 Å². The van der Waals surface area contributed by atoms with Crippen molar-refractivity contribution in [2.45, 2.75) is 0 Å². The number of rotatable bonds is 3. The van der Waals surface area contributed by atoms with Crippen LogP contribution in [-0.4, -0.2) is 24.0 Å². The molecule has 16 heavy (non-hydrogen) atoms. The minimum atomic E-state index is -0.118. The number of H-pyrrole nitrogens is 1. The number of hydrogen-bond donors (Lipinski definition) is 1. The van der Waals surface area contributed by atoms with Gasteiger partial charge in [0.1, 0.15) is 0 Å². The van der Waals surface area contributed by atoms with Crippen LogP contribution in [0.15, 0.2) is 35.3 Å². The lowest BCUT2D eigenvalue weighted by atomic mass is 10.3. The SMILES string of the molecule is COc1ccc(-n2[nH]ccc2=O)cc1OC. The van der Waals surface area contributed by atoms with E-state index in [0.29, 0.717) is 17.2 Å². The van der Waals surface area contributed by atoms with Crippen molar-refractivity contribution in [2.75, 3.05) is 14.2 Å². The molecule has 1 heterocycles. The molecule has 1 aromatic carbocycles. The van der Waals surface area contributed by atoms with Crippen molar-refractivity contribution in [1.29, 1.82) is 0 Å². The highest BCUT2D eigenvalue weighted by Gasteiger charge is 2.06. The second-order valence-corrected chi connectivity index (χ2v) is 3.18. The fraction of sp³-hybridized carbons (Fsp3) is 0.182. The molecule has 0 radical (unpaired) electrons. The summed E-state index contributed by atoms with van der Waals surface area (Å²) in [4.78, 5) is 11.4. The van der Waals surface area contributed by atoms with E-state index in [4.69, 9.17) is 9.47 Å². The zero-order chi connectivity index (χ0) is 11.5. The lowest BCUT2D eigenvalue weighted by molar-refractivity contribution is 0.354. The van der Waals surface area contributed by atoms with E-state index in [1.54, 1.807) is 38.6 Å². The molecular formula is C11H12N2O3. The summed E-state index contributed by atoms with van der Waals surface area (Å²) < 4.78 is 11.7. The molecule has 0 unspecified atom stereocenters. The normalized spacial score (nSPS) is 10.1. The fourth-order valence-corrected chi connectivity index (χ4v) is 1.49. The van der Waals surface area contributed by atoms with E-state index in [-0.39, 0.29) is 5.56 Å². The zero-order valence-corrected chi connectivity index (χ0v) is 9.06. The highest BCUT2D eigenvalue weighted by molar-refractivity contribution is 5.48. The van der Waals surface area contributed by atoms with Crippen LogP contribution in [0.5, 0.6) is 11.5 Å². The van der Waals surface area contributed by atoms with Gasteiger partial charge in [0.15, 0.2) is 11.5 Å². The molecule has 0 aliphatic carbocycles. The Morgan fingerprint density at radius 3 is 2.44 bits per heavy atom. The minimum Gasteiger partial charge on any atom is -0.493 e. The maximum Gasteiger partial charge on any atom is 0.271 e. The van der Waals surface area contributed by atoms with Crippen molar-refractivity contribution in [2.24, 2.45) is 0 Å². The molecule has 0 spiro atoms. The summed E-state index contributed by atoms with van der Waals surface area (Å²) in [6.07, 6.45) is 1.58. The van der Waals surface area contributed by atoms with Gasteiger partial charge in [0.2, 0.25) is 0 Å². The fourth-order valence-electron chi connectivity index (χ4n) is 1.49. The van der Waals surface area contributed by atoms with Gasteiger partial charge >= 0.3 is 0 Å². The third-order valence-corrected chi connectivity index (χ3v) is 2.28. The van der Waals surface area contributed by atoms with Crippen LogP contribution in [0.25, 0.3) is 5.69 Å². The smallest absolute Gasteiger partial charge is 0.271 e. The lowest BCUT2D eigenvalue weighted by Crippen LogP contribution is -2.13. The molecule has 0 fully saturated rings. The summed E-state index contributed by atoms with van der Waals surface area (Å²) >= 11 is 0. The van der Waals surface area contributed by atoms with Gasteiger partial charge < -0.3 is 9.47 Å². The minimum absolute atomic E-state index is 0.118. The van der Waals surface area contributed by atoms with E-state index in [1.165, 1.54) is 10.7 Å². The largest absolute Gasteiger partial charge is 0.493 e. The van der Waals surface area contributed by atoms with Crippen LogP contribution in [-0.2, 0) is 0 Å². The maximum absolute atomic E-state index is 11.4. The molecule has 0 amide bonds. The van der Waals surface area contributed by atoms with Gasteiger partial charge in [-0.2, -0.15) is 0 Å². The Bertz CT molecular complexity index is 542. The first kappa shape index (κ1) is 10.4. The summed E-state index contributed by atoms with van der Waals surface area (Å²) in [6, 6.07) is 6.72. The second-order valence-electron chi connectivity index (χ2n) is 3.18. The van der Waals surface area contributed by atoms with E-state index in [9.17, 15) is 4.79 Å². The van der Waals surface area contributed by atoms with Gasteiger partial charge in [-0.3, -0.25) is 9.89 Å². The van der Waals surface area contributed by atoms with Gasteiger partial charge in [-0.05, 0) is 12.1 Å². The number of hydrogen-bond acceptors (Lipinski definition) is 3. The molecule has 5 nitrogen and oxygen atoms in total. The average molecular weight is 220 g/mol. The van der Waals surface area contributed by atoms with Crippen LogP contribution in [0.2, 0.25) is 0 Å². The highest BCUT2D eigenvalue weighted by atomic mass is 16.5. The average Bonchev–Trinajstić information content (AvgIpc) is 2.74. The number of aromatic nitrogens is 2. The van der Waals surface area contributed by atoms with E-state index >= 15 is 0 Å². The number of benzene rings is 1. The molecule has 0 atom stereocenters.